The van der Waals surface area contributed by atoms with Crippen LogP contribution in [0, 0.1) is 0 Å². The molecule has 0 aromatic heterocycles. The van der Waals surface area contributed by atoms with Crippen molar-refractivity contribution in [2.45, 2.75) is 19.4 Å². The van der Waals surface area contributed by atoms with E-state index in [1.165, 1.54) is 0 Å². The first-order valence-electron chi connectivity index (χ1n) is 5.15. The number of aliphatic hydroxyl groups excluding tert-OH is 1. The number of aliphatic hydroxyl groups is 1. The highest BCUT2D eigenvalue weighted by Gasteiger charge is 2.06. The van der Waals surface area contributed by atoms with Crippen molar-refractivity contribution in [1.29, 1.82) is 0 Å². The van der Waals surface area contributed by atoms with Gasteiger partial charge in [-0.15, -0.1) is 0 Å². The first-order valence-corrected chi connectivity index (χ1v) is 5.15. The van der Waals surface area contributed by atoms with Gasteiger partial charge in [-0.1, -0.05) is 37.3 Å². The zero-order valence-electron chi connectivity index (χ0n) is 8.98. The lowest BCUT2D eigenvalue weighted by Gasteiger charge is -2.16. The van der Waals surface area contributed by atoms with E-state index in [9.17, 15) is 5.11 Å². The summed E-state index contributed by atoms with van der Waals surface area (Å²) in [6.07, 6.45) is 0.471. The molecular formula is C12H19NO. The number of hydrogen-bond donors (Lipinski definition) is 1. The van der Waals surface area contributed by atoms with Crippen LogP contribution >= 0.6 is 0 Å². The summed E-state index contributed by atoms with van der Waals surface area (Å²) in [5.74, 6) is 0. The minimum Gasteiger partial charge on any atom is -0.388 e. The van der Waals surface area contributed by atoms with Crippen molar-refractivity contribution >= 4 is 0 Å². The van der Waals surface area contributed by atoms with Crippen LogP contribution in [0.3, 0.4) is 0 Å². The van der Waals surface area contributed by atoms with E-state index in [4.69, 9.17) is 0 Å². The predicted octanol–water partition coefficient (Wildman–Crippen LogP) is 2.06. The van der Waals surface area contributed by atoms with Crippen LogP contribution in [-0.4, -0.2) is 30.1 Å². The lowest BCUT2D eigenvalue weighted by molar-refractivity contribution is 0.150. The molecule has 0 spiro atoms. The molecule has 0 radical (unpaired) electrons. The van der Waals surface area contributed by atoms with E-state index in [2.05, 4.69) is 18.9 Å². The van der Waals surface area contributed by atoms with Gasteiger partial charge in [-0.3, -0.25) is 0 Å². The second-order valence-electron chi connectivity index (χ2n) is 3.61. The van der Waals surface area contributed by atoms with E-state index in [0.29, 0.717) is 0 Å². The van der Waals surface area contributed by atoms with Crippen LogP contribution in [0.25, 0.3) is 0 Å². The Balaban J connectivity index is 2.39. The van der Waals surface area contributed by atoms with Crippen molar-refractivity contribution in [2.24, 2.45) is 0 Å². The first kappa shape index (κ1) is 11.2. The van der Waals surface area contributed by atoms with Crippen LogP contribution in [0.5, 0.6) is 0 Å². The molecule has 0 saturated heterocycles. The van der Waals surface area contributed by atoms with E-state index in [1.54, 1.807) is 0 Å². The Morgan fingerprint density at radius 3 is 2.50 bits per heavy atom. The summed E-state index contributed by atoms with van der Waals surface area (Å²) in [4.78, 5) is 2.20. The average Bonchev–Trinajstić information content (AvgIpc) is 2.26. The monoisotopic (exact) mass is 193 g/mol. The molecule has 1 aromatic rings. The number of benzene rings is 1. The third-order valence-corrected chi connectivity index (χ3v) is 2.51. The summed E-state index contributed by atoms with van der Waals surface area (Å²) in [6, 6.07) is 9.83. The highest BCUT2D eigenvalue weighted by molar-refractivity contribution is 5.17. The Bertz CT molecular complexity index is 248. The maximum atomic E-state index is 9.84. The zero-order chi connectivity index (χ0) is 10.4. The molecule has 1 aromatic carbocycles. The van der Waals surface area contributed by atoms with Gasteiger partial charge in [0.05, 0.1) is 6.10 Å². The fourth-order valence-corrected chi connectivity index (χ4v) is 1.34. The normalized spacial score (nSPS) is 13.1. The van der Waals surface area contributed by atoms with Gasteiger partial charge in [0.2, 0.25) is 0 Å². The standard InChI is InChI=1S/C12H19NO/c1-3-13(2)10-9-12(14)11-7-5-4-6-8-11/h4-8,12,14H,3,9-10H2,1-2H3. The highest BCUT2D eigenvalue weighted by atomic mass is 16.3. The van der Waals surface area contributed by atoms with Gasteiger partial charge in [0, 0.05) is 6.54 Å². The average molecular weight is 193 g/mol. The molecule has 0 saturated carbocycles. The number of hydrogen-bond acceptors (Lipinski definition) is 2. The fourth-order valence-electron chi connectivity index (χ4n) is 1.34. The van der Waals surface area contributed by atoms with Gasteiger partial charge in [0.1, 0.15) is 0 Å². The van der Waals surface area contributed by atoms with Crippen LogP contribution in [0.1, 0.15) is 25.0 Å². The van der Waals surface area contributed by atoms with Crippen molar-refractivity contribution in [2.75, 3.05) is 20.1 Å². The minimum absolute atomic E-state index is 0.329. The van der Waals surface area contributed by atoms with Crippen molar-refractivity contribution in [3.63, 3.8) is 0 Å². The SMILES string of the molecule is CCN(C)CCC(O)c1ccccc1. The molecule has 0 aliphatic rings. The molecule has 1 rings (SSSR count). The number of rotatable bonds is 5. The Kier molecular flexibility index (Phi) is 4.63. The van der Waals surface area contributed by atoms with Crippen LogP contribution in [0.4, 0.5) is 0 Å². The van der Waals surface area contributed by atoms with Crippen molar-refractivity contribution in [1.82, 2.24) is 4.90 Å². The molecule has 0 amide bonds. The Labute approximate surface area is 86.2 Å². The molecule has 14 heavy (non-hydrogen) atoms. The fraction of sp³-hybridized carbons (Fsp3) is 0.500. The van der Waals surface area contributed by atoms with E-state index in [1.807, 2.05) is 30.3 Å². The Hall–Kier alpha value is -0.860. The molecule has 1 N–H and O–H groups in total. The summed E-state index contributed by atoms with van der Waals surface area (Å²) in [6.45, 7) is 4.09. The summed E-state index contributed by atoms with van der Waals surface area (Å²) in [5, 5.41) is 9.84. The lowest BCUT2D eigenvalue weighted by Crippen LogP contribution is -2.20. The first-order chi connectivity index (χ1) is 6.74. The Morgan fingerprint density at radius 1 is 1.29 bits per heavy atom. The lowest BCUT2D eigenvalue weighted by atomic mass is 10.1. The van der Waals surface area contributed by atoms with Crippen molar-refractivity contribution < 1.29 is 5.11 Å². The van der Waals surface area contributed by atoms with Gasteiger partial charge < -0.3 is 10.0 Å². The van der Waals surface area contributed by atoms with Crippen LogP contribution in [-0.2, 0) is 0 Å². The molecule has 1 atom stereocenters. The van der Waals surface area contributed by atoms with E-state index < -0.39 is 0 Å². The molecule has 0 heterocycles. The molecule has 0 aliphatic heterocycles. The third-order valence-electron chi connectivity index (χ3n) is 2.51. The quantitative estimate of drug-likeness (QED) is 0.773. The van der Waals surface area contributed by atoms with Gasteiger partial charge >= 0.3 is 0 Å². The van der Waals surface area contributed by atoms with Crippen LogP contribution in [0.2, 0.25) is 0 Å². The second-order valence-corrected chi connectivity index (χ2v) is 3.61. The molecule has 0 bridgehead atoms. The molecule has 2 heteroatoms. The van der Waals surface area contributed by atoms with E-state index in [-0.39, 0.29) is 6.10 Å². The van der Waals surface area contributed by atoms with Crippen molar-refractivity contribution in [3.05, 3.63) is 35.9 Å². The maximum Gasteiger partial charge on any atom is 0.0802 e. The second kappa shape index (κ2) is 5.78. The smallest absolute Gasteiger partial charge is 0.0802 e. The highest BCUT2D eigenvalue weighted by Crippen LogP contribution is 2.15. The van der Waals surface area contributed by atoms with Gasteiger partial charge in [-0.25, -0.2) is 0 Å². The molecule has 0 fully saturated rings. The van der Waals surface area contributed by atoms with Crippen LogP contribution in [0.15, 0.2) is 30.3 Å². The summed E-state index contributed by atoms with van der Waals surface area (Å²) < 4.78 is 0. The molecule has 2 nitrogen and oxygen atoms in total. The minimum atomic E-state index is -0.329. The van der Waals surface area contributed by atoms with E-state index >= 15 is 0 Å². The third kappa shape index (κ3) is 3.48. The predicted molar refractivity (Wildman–Crippen MR) is 59.2 cm³/mol. The van der Waals surface area contributed by atoms with Crippen molar-refractivity contribution in [3.8, 4) is 0 Å². The van der Waals surface area contributed by atoms with Gasteiger partial charge in [-0.2, -0.15) is 0 Å². The van der Waals surface area contributed by atoms with E-state index in [0.717, 1.165) is 25.1 Å². The summed E-state index contributed by atoms with van der Waals surface area (Å²) in [5.41, 5.74) is 1.01. The van der Waals surface area contributed by atoms with Gasteiger partial charge in [0.15, 0.2) is 0 Å². The molecular weight excluding hydrogens is 174 g/mol. The summed E-state index contributed by atoms with van der Waals surface area (Å²) >= 11 is 0. The van der Waals surface area contributed by atoms with Crippen LogP contribution < -0.4 is 0 Å². The topological polar surface area (TPSA) is 23.5 Å². The van der Waals surface area contributed by atoms with Gasteiger partial charge in [-0.05, 0) is 25.6 Å². The summed E-state index contributed by atoms with van der Waals surface area (Å²) in [7, 11) is 2.07. The van der Waals surface area contributed by atoms with Gasteiger partial charge in [0.25, 0.3) is 0 Å². The Morgan fingerprint density at radius 2 is 1.93 bits per heavy atom. The molecule has 0 aliphatic carbocycles. The largest absolute Gasteiger partial charge is 0.388 e. The molecule has 78 valence electrons. The number of nitrogens with zero attached hydrogens (tertiary/aromatic N) is 1. The maximum absolute atomic E-state index is 9.84. The molecule has 1 unspecified atom stereocenters. The zero-order valence-corrected chi connectivity index (χ0v) is 8.98.